The first kappa shape index (κ1) is 18.2. The van der Waals surface area contributed by atoms with E-state index in [9.17, 15) is 4.79 Å². The van der Waals surface area contributed by atoms with Crippen molar-refractivity contribution >= 4 is 23.1 Å². The molecule has 136 valence electrons. The fraction of sp³-hybridized carbons (Fsp3) is 0.600. The van der Waals surface area contributed by atoms with Gasteiger partial charge in [0.1, 0.15) is 5.76 Å². The second kappa shape index (κ2) is 6.27. The molecule has 2 aromatic heterocycles. The van der Waals surface area contributed by atoms with Crippen molar-refractivity contribution in [3.8, 4) is 0 Å². The molecule has 0 aliphatic heterocycles. The topological polar surface area (TPSA) is 55.1 Å². The van der Waals surface area contributed by atoms with Crippen molar-refractivity contribution < 1.29 is 9.32 Å². The van der Waals surface area contributed by atoms with Crippen LogP contribution in [-0.2, 0) is 18.3 Å². The van der Waals surface area contributed by atoms with Crippen molar-refractivity contribution in [1.82, 2.24) is 5.16 Å². The summed E-state index contributed by atoms with van der Waals surface area (Å²) < 4.78 is 5.35. The first-order valence-corrected chi connectivity index (χ1v) is 9.81. The highest BCUT2D eigenvalue weighted by Gasteiger charge is 2.32. The summed E-state index contributed by atoms with van der Waals surface area (Å²) in [5.74, 6) is 1.85. The molecule has 25 heavy (non-hydrogen) atoms. The zero-order valence-corrected chi connectivity index (χ0v) is 16.8. The van der Waals surface area contributed by atoms with E-state index in [1.165, 1.54) is 10.4 Å². The van der Waals surface area contributed by atoms with Gasteiger partial charge in [0.05, 0.1) is 5.56 Å². The minimum Gasteiger partial charge on any atom is -0.359 e. The fourth-order valence-electron chi connectivity index (χ4n) is 3.31. The molecule has 0 saturated carbocycles. The van der Waals surface area contributed by atoms with E-state index < -0.39 is 0 Å². The number of thiophene rings is 1. The van der Waals surface area contributed by atoms with E-state index in [1.54, 1.807) is 11.3 Å². The number of aromatic nitrogens is 1. The molecule has 1 unspecified atom stereocenters. The van der Waals surface area contributed by atoms with E-state index in [2.05, 4.69) is 52.0 Å². The second-order valence-electron chi connectivity index (χ2n) is 9.14. The fourth-order valence-corrected chi connectivity index (χ4v) is 4.47. The van der Waals surface area contributed by atoms with Crippen molar-refractivity contribution in [3.63, 3.8) is 0 Å². The lowest BCUT2D eigenvalue weighted by molar-refractivity contribution is 0.102. The molecule has 0 bridgehead atoms. The van der Waals surface area contributed by atoms with Crippen LogP contribution in [0.3, 0.4) is 0 Å². The Morgan fingerprint density at radius 2 is 2.00 bits per heavy atom. The molecule has 2 heterocycles. The summed E-state index contributed by atoms with van der Waals surface area (Å²) in [6.45, 7) is 13.1. The molecule has 1 aliphatic carbocycles. The smallest absolute Gasteiger partial charge is 0.258 e. The third-order valence-corrected chi connectivity index (χ3v) is 6.17. The summed E-state index contributed by atoms with van der Waals surface area (Å²) in [5.41, 5.74) is 2.21. The Kier molecular flexibility index (Phi) is 4.56. The lowest BCUT2D eigenvalue weighted by Crippen LogP contribution is -2.27. The average molecular weight is 361 g/mol. The Morgan fingerprint density at radius 1 is 1.28 bits per heavy atom. The number of rotatable bonds is 2. The third-order valence-electron chi connectivity index (χ3n) is 5.12. The van der Waals surface area contributed by atoms with Gasteiger partial charge in [0, 0.05) is 21.7 Å². The number of nitrogens with one attached hydrogen (secondary N) is 1. The van der Waals surface area contributed by atoms with Gasteiger partial charge in [-0.25, -0.2) is 0 Å². The molecule has 1 aliphatic rings. The first-order chi connectivity index (χ1) is 11.6. The molecule has 0 fully saturated rings. The lowest BCUT2D eigenvalue weighted by atomic mass is 9.72. The summed E-state index contributed by atoms with van der Waals surface area (Å²) in [4.78, 5) is 14.1. The van der Waals surface area contributed by atoms with Crippen LogP contribution in [0.5, 0.6) is 0 Å². The number of amides is 1. The summed E-state index contributed by atoms with van der Waals surface area (Å²) in [6, 6.07) is 1.81. The Balaban J connectivity index is 1.75. The van der Waals surface area contributed by atoms with E-state index in [-0.39, 0.29) is 11.3 Å². The normalized spacial score (nSPS) is 18.1. The molecule has 0 radical (unpaired) electrons. The molecule has 0 aromatic carbocycles. The second-order valence-corrected chi connectivity index (χ2v) is 10.1. The minimum atomic E-state index is -0.126. The number of hydrogen-bond acceptors (Lipinski definition) is 4. The average Bonchev–Trinajstić information content (AvgIpc) is 3.11. The van der Waals surface area contributed by atoms with E-state index in [0.29, 0.717) is 17.2 Å². The van der Waals surface area contributed by atoms with Gasteiger partial charge in [-0.05, 0) is 36.2 Å². The monoisotopic (exact) mass is 360 g/mol. The summed E-state index contributed by atoms with van der Waals surface area (Å²) in [5, 5.41) is 8.87. The Bertz CT molecular complexity index is 774. The van der Waals surface area contributed by atoms with Gasteiger partial charge >= 0.3 is 0 Å². The van der Waals surface area contributed by atoms with Crippen LogP contribution in [0.25, 0.3) is 0 Å². The molecule has 1 atom stereocenters. The zero-order chi connectivity index (χ0) is 18.4. The molecule has 1 N–H and O–H groups in total. The van der Waals surface area contributed by atoms with Crippen LogP contribution in [0.2, 0.25) is 0 Å². The number of carbonyl (C=O) groups is 1. The van der Waals surface area contributed by atoms with Gasteiger partial charge in [0.15, 0.2) is 5.82 Å². The van der Waals surface area contributed by atoms with Crippen LogP contribution >= 0.6 is 11.3 Å². The molecular weight excluding hydrogens is 332 g/mol. The minimum absolute atomic E-state index is 0.0829. The molecular formula is C20H28N2O2S. The van der Waals surface area contributed by atoms with Gasteiger partial charge in [0.2, 0.25) is 0 Å². The highest BCUT2D eigenvalue weighted by Crippen LogP contribution is 2.40. The molecule has 1 amide bonds. The first-order valence-electron chi connectivity index (χ1n) is 8.93. The Hall–Kier alpha value is -1.62. The van der Waals surface area contributed by atoms with Crippen LogP contribution in [0.15, 0.2) is 16.0 Å². The van der Waals surface area contributed by atoms with Gasteiger partial charge in [0.25, 0.3) is 5.91 Å². The van der Waals surface area contributed by atoms with E-state index in [4.69, 9.17) is 4.52 Å². The van der Waals surface area contributed by atoms with Gasteiger partial charge < -0.3 is 9.84 Å². The van der Waals surface area contributed by atoms with E-state index in [0.717, 1.165) is 30.6 Å². The number of carbonyl (C=O) groups excluding carboxylic acids is 1. The number of fused-ring (bicyclic) bond motifs is 1. The summed E-state index contributed by atoms with van der Waals surface area (Å²) in [6.07, 6.45) is 3.20. The van der Waals surface area contributed by atoms with Gasteiger partial charge in [-0.1, -0.05) is 46.7 Å². The molecule has 3 rings (SSSR count). The molecule has 2 aromatic rings. The SMILES string of the molecule is CC(C)(C)c1cc(NC(=O)c2csc3c2CCC(C(C)(C)C)C3)no1. The van der Waals surface area contributed by atoms with Crippen LogP contribution in [0, 0.1) is 11.3 Å². The highest BCUT2D eigenvalue weighted by molar-refractivity contribution is 7.10. The van der Waals surface area contributed by atoms with Crippen molar-refractivity contribution in [2.75, 3.05) is 5.32 Å². The number of nitrogens with zero attached hydrogens (tertiary/aromatic N) is 1. The van der Waals surface area contributed by atoms with E-state index in [1.807, 2.05) is 11.4 Å². The maximum atomic E-state index is 12.7. The van der Waals surface area contributed by atoms with Crippen LogP contribution < -0.4 is 5.32 Å². The van der Waals surface area contributed by atoms with Crippen molar-refractivity contribution in [2.45, 2.75) is 66.2 Å². The van der Waals surface area contributed by atoms with Crippen LogP contribution in [0.4, 0.5) is 5.82 Å². The largest absolute Gasteiger partial charge is 0.359 e. The Labute approximate surface area is 154 Å². The zero-order valence-electron chi connectivity index (χ0n) is 16.0. The molecule has 5 heteroatoms. The van der Waals surface area contributed by atoms with Crippen LogP contribution in [0.1, 0.15) is 74.5 Å². The van der Waals surface area contributed by atoms with Gasteiger partial charge in [-0.15, -0.1) is 11.3 Å². The quantitative estimate of drug-likeness (QED) is 0.776. The van der Waals surface area contributed by atoms with Crippen molar-refractivity contribution in [3.05, 3.63) is 33.2 Å². The van der Waals surface area contributed by atoms with Gasteiger partial charge in [-0.3, -0.25) is 4.79 Å². The lowest BCUT2D eigenvalue weighted by Gasteiger charge is -2.34. The molecule has 4 nitrogen and oxygen atoms in total. The standard InChI is InChI=1S/C20H28N2O2S/c1-19(2,3)12-7-8-13-14(11-25-15(13)9-12)18(23)21-17-10-16(24-22-17)20(4,5)6/h10-12H,7-9H2,1-6H3,(H,21,22,23). The predicted octanol–water partition coefficient (Wildman–Crippen LogP) is 5.44. The molecule has 0 spiro atoms. The van der Waals surface area contributed by atoms with Crippen LogP contribution in [-0.4, -0.2) is 11.1 Å². The third kappa shape index (κ3) is 3.81. The maximum Gasteiger partial charge on any atom is 0.258 e. The highest BCUT2D eigenvalue weighted by atomic mass is 32.1. The maximum absolute atomic E-state index is 12.7. The number of anilines is 1. The van der Waals surface area contributed by atoms with Gasteiger partial charge in [-0.2, -0.15) is 0 Å². The van der Waals surface area contributed by atoms with Crippen molar-refractivity contribution in [1.29, 1.82) is 0 Å². The van der Waals surface area contributed by atoms with E-state index >= 15 is 0 Å². The predicted molar refractivity (Wildman–Crippen MR) is 102 cm³/mol. The number of hydrogen-bond donors (Lipinski definition) is 1. The summed E-state index contributed by atoms with van der Waals surface area (Å²) >= 11 is 1.72. The molecule has 0 saturated heterocycles. The van der Waals surface area contributed by atoms with Crippen molar-refractivity contribution in [2.24, 2.45) is 11.3 Å². The summed E-state index contributed by atoms with van der Waals surface area (Å²) in [7, 11) is 0. The Morgan fingerprint density at radius 3 is 2.60 bits per heavy atom.